The van der Waals surface area contributed by atoms with E-state index in [1.807, 2.05) is 12.1 Å². The highest BCUT2D eigenvalue weighted by molar-refractivity contribution is 6.09. The second kappa shape index (κ2) is 15.3. The first kappa shape index (κ1) is 36.5. The molecule has 0 saturated heterocycles. The standard InChI is InChI=1S/C60H40N2O/c1-2-15-41(16-3-1)43-17-12-18-44(37-43)46-20-14-21-49(39-46)61(56-27-8-4-23-51(56)47-33-36-55-54-26-7-11-30-59(54)63-60(55)40-47)48-34-31-42(32-35-48)45-19-13-22-50(38-45)62-57-28-9-5-24-52(57)53-25-6-10-29-58(53)62/h1-40H. The highest BCUT2D eigenvalue weighted by Crippen LogP contribution is 2.44. The van der Waals surface area contributed by atoms with Crippen LogP contribution in [0.3, 0.4) is 0 Å². The molecule has 0 radical (unpaired) electrons. The predicted molar refractivity (Wildman–Crippen MR) is 264 cm³/mol. The molecule has 2 aromatic heterocycles. The molecule has 63 heavy (non-hydrogen) atoms. The molecule has 0 N–H and O–H groups in total. The van der Waals surface area contributed by atoms with Crippen molar-refractivity contribution in [3.63, 3.8) is 0 Å². The van der Waals surface area contributed by atoms with Crippen LogP contribution >= 0.6 is 0 Å². The van der Waals surface area contributed by atoms with E-state index in [-0.39, 0.29) is 0 Å². The van der Waals surface area contributed by atoms with Crippen molar-refractivity contribution in [2.24, 2.45) is 0 Å². The van der Waals surface area contributed by atoms with E-state index in [1.54, 1.807) is 0 Å². The van der Waals surface area contributed by atoms with Gasteiger partial charge < -0.3 is 13.9 Å². The Morgan fingerprint density at radius 3 is 1.62 bits per heavy atom. The minimum atomic E-state index is 0.878. The first-order valence-electron chi connectivity index (χ1n) is 21.5. The summed E-state index contributed by atoms with van der Waals surface area (Å²) < 4.78 is 8.79. The molecule has 0 aliphatic rings. The Hall–Kier alpha value is -8.40. The van der Waals surface area contributed by atoms with Gasteiger partial charge in [-0.1, -0.05) is 164 Å². The predicted octanol–water partition coefficient (Wildman–Crippen LogP) is 16.8. The summed E-state index contributed by atoms with van der Waals surface area (Å²) in [6, 6.07) is 87.2. The van der Waals surface area contributed by atoms with E-state index in [1.165, 1.54) is 38.5 Å². The quantitative estimate of drug-likeness (QED) is 0.153. The summed E-state index contributed by atoms with van der Waals surface area (Å²) in [6.45, 7) is 0. The summed E-state index contributed by atoms with van der Waals surface area (Å²) in [6.07, 6.45) is 0. The Bertz CT molecular complexity index is 3580. The topological polar surface area (TPSA) is 21.3 Å². The number of rotatable bonds is 8. The molecular weight excluding hydrogens is 765 g/mol. The van der Waals surface area contributed by atoms with Gasteiger partial charge in [0.2, 0.25) is 0 Å². The molecule has 0 bridgehead atoms. The molecule has 10 aromatic carbocycles. The lowest BCUT2D eigenvalue weighted by atomic mass is 9.97. The molecule has 0 saturated carbocycles. The molecular formula is C60H40N2O. The fourth-order valence-electron chi connectivity index (χ4n) is 9.40. The van der Waals surface area contributed by atoms with Crippen molar-refractivity contribution in [1.29, 1.82) is 0 Å². The van der Waals surface area contributed by atoms with Crippen molar-refractivity contribution in [3.8, 4) is 50.2 Å². The minimum Gasteiger partial charge on any atom is -0.456 e. The summed E-state index contributed by atoms with van der Waals surface area (Å²) >= 11 is 0. The van der Waals surface area contributed by atoms with Gasteiger partial charge in [0.1, 0.15) is 11.2 Å². The molecule has 0 spiro atoms. The lowest BCUT2D eigenvalue weighted by molar-refractivity contribution is 0.669. The van der Waals surface area contributed by atoms with Crippen LogP contribution < -0.4 is 4.90 Å². The van der Waals surface area contributed by atoms with Crippen LogP contribution in [0.15, 0.2) is 247 Å². The Balaban J connectivity index is 0.978. The maximum Gasteiger partial charge on any atom is 0.136 e. The van der Waals surface area contributed by atoms with Crippen LogP contribution in [0.5, 0.6) is 0 Å². The van der Waals surface area contributed by atoms with Crippen LogP contribution in [0, 0.1) is 0 Å². The molecule has 296 valence electrons. The van der Waals surface area contributed by atoms with Crippen molar-refractivity contribution < 1.29 is 4.42 Å². The monoisotopic (exact) mass is 804 g/mol. The van der Waals surface area contributed by atoms with E-state index in [0.29, 0.717) is 0 Å². The van der Waals surface area contributed by atoms with Gasteiger partial charge in [-0.15, -0.1) is 0 Å². The number of aromatic nitrogens is 1. The summed E-state index contributed by atoms with van der Waals surface area (Å²) in [4.78, 5) is 2.39. The molecule has 3 nitrogen and oxygen atoms in total. The Labute approximate surface area is 366 Å². The van der Waals surface area contributed by atoms with Gasteiger partial charge in [-0.2, -0.15) is 0 Å². The second-order valence-corrected chi connectivity index (χ2v) is 16.1. The van der Waals surface area contributed by atoms with Gasteiger partial charge in [-0.3, -0.25) is 0 Å². The van der Waals surface area contributed by atoms with Crippen LogP contribution in [-0.2, 0) is 0 Å². The average Bonchev–Trinajstić information content (AvgIpc) is 3.90. The van der Waals surface area contributed by atoms with E-state index in [0.717, 1.165) is 72.5 Å². The summed E-state index contributed by atoms with van der Waals surface area (Å²) in [5.41, 5.74) is 17.7. The number of furan rings is 1. The zero-order valence-electron chi connectivity index (χ0n) is 34.4. The minimum absolute atomic E-state index is 0.878. The van der Waals surface area contributed by atoms with Gasteiger partial charge in [0.05, 0.1) is 16.7 Å². The molecule has 12 rings (SSSR count). The zero-order valence-corrected chi connectivity index (χ0v) is 34.4. The maximum atomic E-state index is 6.40. The number of hydrogen-bond donors (Lipinski definition) is 0. The third kappa shape index (κ3) is 6.46. The fraction of sp³-hybridized carbons (Fsp3) is 0. The number of fused-ring (bicyclic) bond motifs is 6. The number of para-hydroxylation sites is 4. The van der Waals surface area contributed by atoms with Crippen LogP contribution in [0.25, 0.3) is 93.9 Å². The molecule has 0 unspecified atom stereocenters. The number of anilines is 3. The van der Waals surface area contributed by atoms with E-state index < -0.39 is 0 Å². The molecule has 0 amide bonds. The molecule has 2 heterocycles. The molecule has 0 aliphatic carbocycles. The van der Waals surface area contributed by atoms with Gasteiger partial charge in [-0.05, 0) is 118 Å². The molecule has 3 heteroatoms. The van der Waals surface area contributed by atoms with Gasteiger partial charge in [0, 0.05) is 44.2 Å². The van der Waals surface area contributed by atoms with Crippen LogP contribution in [0.2, 0.25) is 0 Å². The first-order valence-corrected chi connectivity index (χ1v) is 21.5. The molecule has 0 fully saturated rings. The number of hydrogen-bond acceptors (Lipinski definition) is 2. The van der Waals surface area contributed by atoms with Crippen molar-refractivity contribution in [2.75, 3.05) is 4.90 Å². The van der Waals surface area contributed by atoms with E-state index in [9.17, 15) is 0 Å². The molecule has 0 aliphatic heterocycles. The van der Waals surface area contributed by atoms with E-state index in [2.05, 4.69) is 240 Å². The Morgan fingerprint density at radius 1 is 0.302 bits per heavy atom. The van der Waals surface area contributed by atoms with Gasteiger partial charge in [0.15, 0.2) is 0 Å². The maximum absolute atomic E-state index is 6.40. The third-order valence-corrected chi connectivity index (χ3v) is 12.4. The van der Waals surface area contributed by atoms with E-state index >= 15 is 0 Å². The fourth-order valence-corrected chi connectivity index (χ4v) is 9.40. The van der Waals surface area contributed by atoms with Crippen LogP contribution in [-0.4, -0.2) is 4.57 Å². The average molecular weight is 805 g/mol. The van der Waals surface area contributed by atoms with Crippen LogP contribution in [0.4, 0.5) is 17.1 Å². The summed E-state index contributed by atoms with van der Waals surface area (Å²) in [5.74, 6) is 0. The summed E-state index contributed by atoms with van der Waals surface area (Å²) in [5, 5.41) is 4.76. The van der Waals surface area contributed by atoms with Crippen molar-refractivity contribution in [3.05, 3.63) is 243 Å². The van der Waals surface area contributed by atoms with Crippen molar-refractivity contribution in [1.82, 2.24) is 4.57 Å². The Morgan fingerprint density at radius 2 is 0.841 bits per heavy atom. The van der Waals surface area contributed by atoms with Crippen molar-refractivity contribution >= 4 is 60.8 Å². The Kier molecular flexibility index (Phi) is 8.83. The largest absolute Gasteiger partial charge is 0.456 e. The van der Waals surface area contributed by atoms with Crippen molar-refractivity contribution in [2.45, 2.75) is 0 Å². The summed E-state index contributed by atoms with van der Waals surface area (Å²) in [7, 11) is 0. The van der Waals surface area contributed by atoms with Gasteiger partial charge in [0.25, 0.3) is 0 Å². The highest BCUT2D eigenvalue weighted by atomic mass is 16.3. The zero-order chi connectivity index (χ0) is 41.7. The third-order valence-electron chi connectivity index (χ3n) is 12.4. The lowest BCUT2D eigenvalue weighted by Crippen LogP contribution is -2.11. The van der Waals surface area contributed by atoms with E-state index in [4.69, 9.17) is 4.42 Å². The van der Waals surface area contributed by atoms with Crippen LogP contribution in [0.1, 0.15) is 0 Å². The first-order chi connectivity index (χ1) is 31.2. The lowest BCUT2D eigenvalue weighted by Gasteiger charge is -2.28. The van der Waals surface area contributed by atoms with Gasteiger partial charge in [-0.25, -0.2) is 0 Å². The second-order valence-electron chi connectivity index (χ2n) is 16.1. The highest BCUT2D eigenvalue weighted by Gasteiger charge is 2.20. The molecule has 0 atom stereocenters. The smallest absolute Gasteiger partial charge is 0.136 e. The number of nitrogens with zero attached hydrogens (tertiary/aromatic N) is 2. The number of benzene rings is 10. The SMILES string of the molecule is c1ccc(-c2cccc(-c3cccc(N(c4ccc(-c5cccc(-n6c7ccccc7c7ccccc76)c5)cc4)c4ccccc4-c4ccc5c(c4)oc4ccccc45)c3)c2)cc1. The molecule has 12 aromatic rings. The van der Waals surface area contributed by atoms with Gasteiger partial charge >= 0.3 is 0 Å². The normalized spacial score (nSPS) is 11.5.